The van der Waals surface area contributed by atoms with E-state index in [0.29, 0.717) is 0 Å². The van der Waals surface area contributed by atoms with Crippen molar-refractivity contribution in [3.63, 3.8) is 0 Å². The van der Waals surface area contributed by atoms with Gasteiger partial charge in [-0.2, -0.15) is 0 Å². The Kier molecular flexibility index (Phi) is 16.7. The van der Waals surface area contributed by atoms with Gasteiger partial charge in [-0.3, -0.25) is 0 Å². The van der Waals surface area contributed by atoms with E-state index in [9.17, 15) is 0 Å². The Morgan fingerprint density at radius 2 is 0.733 bits per heavy atom. The van der Waals surface area contributed by atoms with Gasteiger partial charge in [0.25, 0.3) is 6.71 Å². The third-order valence-electron chi connectivity index (χ3n) is 25.6. The molecule has 2 aliphatic rings. The second kappa shape index (κ2) is 27.3. The molecule has 2 aliphatic heterocycles. The summed E-state index contributed by atoms with van der Waals surface area (Å²) in [6, 6.07) is 128. The van der Waals surface area contributed by atoms with Crippen molar-refractivity contribution in [2.45, 2.75) is 105 Å². The van der Waals surface area contributed by atoms with Gasteiger partial charge in [-0.1, -0.05) is 277 Å². The molecule has 0 bridgehead atoms. The maximum absolute atomic E-state index is 6.55. The largest absolute Gasteiger partial charge is 0.456 e. The molecule has 0 radical (unpaired) electrons. The Hall–Kier alpha value is -13.0. The van der Waals surface area contributed by atoms with Crippen LogP contribution in [0.5, 0.6) is 0 Å². The van der Waals surface area contributed by atoms with Crippen LogP contribution in [0.4, 0.5) is 51.2 Å². The first kappa shape index (κ1) is 73.4. The molecule has 6 heterocycles. The first-order chi connectivity index (χ1) is 58.0. The summed E-state index contributed by atoms with van der Waals surface area (Å²) in [7, 11) is 0. The molecule has 16 aromatic carbocycles. The average molecular weight is 1580 g/mol. The van der Waals surface area contributed by atoms with E-state index in [1.165, 1.54) is 101 Å². The van der Waals surface area contributed by atoms with Crippen LogP contribution in [0.15, 0.2) is 338 Å². The predicted molar refractivity (Wildman–Crippen MR) is 519 cm³/mol. The number of hydrogen-bond acceptors (Lipinski definition) is 6. The van der Waals surface area contributed by atoms with Crippen LogP contribution in [0.25, 0.3) is 134 Å². The molecule has 0 aliphatic carbocycles. The summed E-state index contributed by atoms with van der Waals surface area (Å²) in [5.74, 6) is 0. The van der Waals surface area contributed by atoms with E-state index in [0.717, 1.165) is 123 Å². The third kappa shape index (κ3) is 11.9. The normalized spacial score (nSPS) is 13.1. The summed E-state index contributed by atoms with van der Waals surface area (Å²) in [6.45, 7) is 27.6. The lowest BCUT2D eigenvalue weighted by Gasteiger charge is -2.45. The van der Waals surface area contributed by atoms with Crippen LogP contribution in [0.3, 0.4) is 0 Å². The molecule has 0 unspecified atom stereocenters. The molecule has 0 fully saturated rings. The first-order valence-electron chi connectivity index (χ1n) is 42.2. The number of thiophene rings is 2. The smallest absolute Gasteiger partial charge is 0.252 e. The number of hydrogen-bond donors (Lipinski definition) is 0. The summed E-state index contributed by atoms with van der Waals surface area (Å²) in [5, 5.41) is 9.90. The van der Waals surface area contributed by atoms with Crippen molar-refractivity contribution >= 4 is 181 Å². The molecule has 0 spiro atoms. The fraction of sp³-hybridized carbons (Fsp3) is 0.143. The van der Waals surface area contributed by atoms with Crippen molar-refractivity contribution in [2.24, 2.45) is 0 Å². The highest BCUT2D eigenvalue weighted by Crippen LogP contribution is 2.55. The van der Waals surface area contributed by atoms with Crippen LogP contribution in [0.1, 0.15) is 105 Å². The van der Waals surface area contributed by atoms with Gasteiger partial charge in [0.1, 0.15) is 11.2 Å². The Bertz CT molecular complexity index is 7510. The van der Waals surface area contributed by atoms with E-state index < -0.39 is 0 Å². The number of aromatic nitrogens is 1. The lowest BCUT2D eigenvalue weighted by Crippen LogP contribution is -2.61. The molecule has 0 amide bonds. The number of rotatable bonds is 10. The number of furan rings is 1. The SMILES string of the molecule is CC(C)(C)c1ccc(N(c2ccc(C(C)(C)C)cc2)c2ccc3c(c2)N(c2ccc(C(C)(C)C)cc2-c2ccccc2)c2cc(-c4ccc5c6c7c(ccc6n(-c6ccccc6)c5c4)sc4ccccc47)cc4c2B3c2ccc(-c3ccc5c(c3)sc3ccc6oc7ccccc7c6c35)cc2N4c2ccc(C(C)(C)C)cc2-c2ccccc2)cc1. The summed E-state index contributed by atoms with van der Waals surface area (Å²) in [6.07, 6.45) is 0. The predicted octanol–water partition coefficient (Wildman–Crippen LogP) is 30.8. The van der Waals surface area contributed by atoms with Crippen LogP contribution < -0.4 is 31.1 Å². The number of nitrogens with zero attached hydrogens (tertiary/aromatic N) is 4. The molecule has 0 atom stereocenters. The topological polar surface area (TPSA) is 27.8 Å². The van der Waals surface area contributed by atoms with Gasteiger partial charge in [0.05, 0.1) is 22.4 Å². The molecule has 5 nitrogen and oxygen atoms in total. The van der Waals surface area contributed by atoms with Gasteiger partial charge in [0.2, 0.25) is 0 Å². The zero-order valence-corrected chi connectivity index (χ0v) is 71.5. The monoisotopic (exact) mass is 1580 g/mol. The Morgan fingerprint density at radius 3 is 1.33 bits per heavy atom. The van der Waals surface area contributed by atoms with Gasteiger partial charge in [-0.25, -0.2) is 0 Å². The molecule has 0 saturated carbocycles. The fourth-order valence-electron chi connectivity index (χ4n) is 19.4. The third-order valence-corrected chi connectivity index (χ3v) is 27.9. The summed E-state index contributed by atoms with van der Waals surface area (Å²) >= 11 is 3.75. The number of benzene rings is 16. The van der Waals surface area contributed by atoms with E-state index in [2.05, 4.69) is 436 Å². The minimum atomic E-state index is -0.263. The lowest BCUT2D eigenvalue weighted by molar-refractivity contribution is 0.590. The van der Waals surface area contributed by atoms with Gasteiger partial charge in [0.15, 0.2) is 0 Å². The van der Waals surface area contributed by atoms with Crippen molar-refractivity contribution in [3.8, 4) is 50.2 Å². The first-order valence-corrected chi connectivity index (χ1v) is 43.8. The molecule has 4 aromatic heterocycles. The maximum Gasteiger partial charge on any atom is 0.252 e. The van der Waals surface area contributed by atoms with Crippen molar-refractivity contribution in [1.82, 2.24) is 4.57 Å². The molecule has 580 valence electrons. The van der Waals surface area contributed by atoms with Crippen molar-refractivity contribution < 1.29 is 4.42 Å². The van der Waals surface area contributed by atoms with Crippen LogP contribution in [-0.4, -0.2) is 11.3 Å². The standard InChI is InChI=1S/C112H91BN4OS2/c1-109(2,3)74-39-45-79(46-40-74)114(80-47-41-75(42-48-80)110(4,5)6)81-49-53-89-95(67-81)117(91-55-44-77(112(10,11)12)66-87(91)69-28-18-14-19-29-69)97-63-73(71-36-50-82-93(60-71)115(78-30-20-15-21-31-78)92-56-58-101-106(104(82)92)84-33-23-25-35-100(84)119-101)62-96-108(97)113(89)88-52-38-70(61-94(88)116(96)90-54-43-76(111(7,8)9)65-86(90)68-26-16-13-17-27-68)72-37-51-85-103(64-72)120-102-59-57-99-105(107(85)102)83-32-22-24-34-98(83)118-99/h13-67H,1-12H3. The highest BCUT2D eigenvalue weighted by Gasteiger charge is 2.46. The van der Waals surface area contributed by atoms with Gasteiger partial charge in [0, 0.05) is 119 Å². The van der Waals surface area contributed by atoms with E-state index in [1.807, 2.05) is 22.7 Å². The number of fused-ring (bicyclic) bond motifs is 18. The molecule has 8 heteroatoms. The number of para-hydroxylation sites is 2. The second-order valence-electron chi connectivity index (χ2n) is 37.2. The molecular weight excluding hydrogens is 1490 g/mol. The average Bonchev–Trinajstić information content (AvgIpc) is 0.925. The Morgan fingerprint density at radius 1 is 0.275 bits per heavy atom. The summed E-state index contributed by atoms with van der Waals surface area (Å²) < 4.78 is 14.1. The van der Waals surface area contributed by atoms with Crippen molar-refractivity contribution in [1.29, 1.82) is 0 Å². The molecule has 0 N–H and O–H groups in total. The minimum Gasteiger partial charge on any atom is -0.456 e. The summed E-state index contributed by atoms with van der Waals surface area (Å²) in [4.78, 5) is 7.87. The van der Waals surface area contributed by atoms with Crippen LogP contribution in [0.2, 0.25) is 0 Å². The van der Waals surface area contributed by atoms with E-state index in [4.69, 9.17) is 4.42 Å². The van der Waals surface area contributed by atoms with E-state index >= 15 is 0 Å². The zero-order chi connectivity index (χ0) is 81.6. The van der Waals surface area contributed by atoms with Gasteiger partial charge in [-0.05, 0) is 233 Å². The molecule has 20 aromatic rings. The quantitative estimate of drug-likeness (QED) is 0.128. The lowest BCUT2D eigenvalue weighted by atomic mass is 9.33. The van der Waals surface area contributed by atoms with E-state index in [1.54, 1.807) is 0 Å². The Labute approximate surface area is 710 Å². The molecular formula is C112H91BN4OS2. The molecule has 0 saturated heterocycles. The number of anilines is 9. The minimum absolute atomic E-state index is 0.0466. The van der Waals surface area contributed by atoms with Crippen molar-refractivity contribution in [3.05, 3.63) is 356 Å². The van der Waals surface area contributed by atoms with Gasteiger partial charge >= 0.3 is 0 Å². The van der Waals surface area contributed by atoms with Gasteiger partial charge < -0.3 is 23.7 Å². The molecule has 120 heavy (non-hydrogen) atoms. The highest BCUT2D eigenvalue weighted by atomic mass is 32.1. The van der Waals surface area contributed by atoms with Crippen molar-refractivity contribution in [2.75, 3.05) is 14.7 Å². The molecule has 22 rings (SSSR count). The maximum atomic E-state index is 6.55. The van der Waals surface area contributed by atoms with Crippen LogP contribution in [-0.2, 0) is 21.7 Å². The Balaban J connectivity index is 0.868. The fourth-order valence-corrected chi connectivity index (χ4v) is 21.6. The van der Waals surface area contributed by atoms with E-state index in [-0.39, 0.29) is 28.4 Å². The zero-order valence-electron chi connectivity index (χ0n) is 69.8. The van der Waals surface area contributed by atoms with Crippen LogP contribution in [0, 0.1) is 0 Å². The second-order valence-corrected chi connectivity index (χ2v) is 39.4. The van der Waals surface area contributed by atoms with Gasteiger partial charge in [-0.15, -0.1) is 22.7 Å². The summed E-state index contributed by atoms with van der Waals surface area (Å²) in [5.41, 5.74) is 32.7. The highest BCUT2D eigenvalue weighted by molar-refractivity contribution is 7.26. The van der Waals surface area contributed by atoms with Crippen LogP contribution >= 0.6 is 22.7 Å².